The average Bonchev–Trinajstić information content (AvgIpc) is 3.16. The van der Waals surface area contributed by atoms with Gasteiger partial charge in [0, 0.05) is 25.6 Å². The van der Waals surface area contributed by atoms with E-state index in [1.165, 1.54) is 0 Å². The van der Waals surface area contributed by atoms with Gasteiger partial charge in [-0.15, -0.1) is 0 Å². The topological polar surface area (TPSA) is 85.0 Å². The summed E-state index contributed by atoms with van der Waals surface area (Å²) in [5.74, 6) is 1.28. The molecule has 0 spiro atoms. The van der Waals surface area contributed by atoms with Gasteiger partial charge in [-0.3, -0.25) is 4.79 Å². The van der Waals surface area contributed by atoms with E-state index in [1.807, 2.05) is 18.5 Å². The van der Waals surface area contributed by atoms with E-state index in [9.17, 15) is 4.79 Å². The zero-order valence-corrected chi connectivity index (χ0v) is 11.0. The Kier molecular flexibility index (Phi) is 3.74. The summed E-state index contributed by atoms with van der Waals surface area (Å²) in [7, 11) is 0. The van der Waals surface area contributed by atoms with Crippen LogP contribution in [0.25, 0.3) is 0 Å². The van der Waals surface area contributed by atoms with E-state index in [0.717, 1.165) is 30.9 Å². The third-order valence-electron chi connectivity index (χ3n) is 3.14. The number of nitrogens with zero attached hydrogens (tertiary/aromatic N) is 2. The average molecular weight is 251 g/mol. The number of aryl methyl sites for hydroxylation is 2. The molecule has 2 rings (SSSR count). The van der Waals surface area contributed by atoms with Gasteiger partial charge < -0.3 is 16.4 Å². The number of amides is 1. The van der Waals surface area contributed by atoms with E-state index in [2.05, 4.69) is 15.7 Å². The second kappa shape index (κ2) is 5.29. The van der Waals surface area contributed by atoms with Crippen LogP contribution in [0.4, 0.5) is 11.5 Å². The number of carbonyl (C=O) groups is 1. The summed E-state index contributed by atoms with van der Waals surface area (Å²) in [4.78, 5) is 11.4. The lowest BCUT2D eigenvalue weighted by atomic mass is 10.4. The molecule has 0 unspecified atom stereocenters. The molecule has 1 heterocycles. The molecule has 0 bridgehead atoms. The number of hydrogen-bond donors (Lipinski definition) is 3. The van der Waals surface area contributed by atoms with Gasteiger partial charge in [0.25, 0.3) is 0 Å². The molecule has 18 heavy (non-hydrogen) atoms. The van der Waals surface area contributed by atoms with Gasteiger partial charge in [0.2, 0.25) is 5.91 Å². The van der Waals surface area contributed by atoms with Crippen molar-refractivity contribution in [3.05, 3.63) is 5.69 Å². The van der Waals surface area contributed by atoms with Gasteiger partial charge in [0.15, 0.2) is 0 Å². The van der Waals surface area contributed by atoms with E-state index in [0.29, 0.717) is 18.8 Å². The lowest BCUT2D eigenvalue weighted by Crippen LogP contribution is -2.30. The predicted molar refractivity (Wildman–Crippen MR) is 71.3 cm³/mol. The van der Waals surface area contributed by atoms with E-state index >= 15 is 0 Å². The Labute approximate surface area is 107 Å². The van der Waals surface area contributed by atoms with Crippen molar-refractivity contribution in [3.8, 4) is 0 Å². The van der Waals surface area contributed by atoms with Crippen molar-refractivity contribution in [2.75, 3.05) is 24.1 Å². The van der Waals surface area contributed by atoms with E-state index in [1.54, 1.807) is 0 Å². The SMILES string of the molecule is CCn1nc(C)c(N)c1NCCNC(=O)C1CC1. The number of hydrogen-bond acceptors (Lipinski definition) is 4. The summed E-state index contributed by atoms with van der Waals surface area (Å²) in [6.45, 7) is 5.96. The van der Waals surface area contributed by atoms with Gasteiger partial charge in [0.1, 0.15) is 5.82 Å². The summed E-state index contributed by atoms with van der Waals surface area (Å²) in [6, 6.07) is 0. The van der Waals surface area contributed by atoms with Crippen LogP contribution in [0.15, 0.2) is 0 Å². The standard InChI is InChI=1S/C12H21N5O/c1-3-17-11(10(13)8(2)16-17)14-6-7-15-12(18)9-4-5-9/h9,14H,3-7,13H2,1-2H3,(H,15,18). The zero-order chi connectivity index (χ0) is 13.1. The number of rotatable bonds is 6. The lowest BCUT2D eigenvalue weighted by Gasteiger charge is -2.10. The molecule has 0 saturated heterocycles. The fourth-order valence-electron chi connectivity index (χ4n) is 1.87. The fourth-order valence-corrected chi connectivity index (χ4v) is 1.87. The summed E-state index contributed by atoms with van der Waals surface area (Å²) in [5, 5.41) is 10.5. The summed E-state index contributed by atoms with van der Waals surface area (Å²) < 4.78 is 1.84. The molecule has 1 fully saturated rings. The van der Waals surface area contributed by atoms with Gasteiger partial charge in [-0.05, 0) is 26.7 Å². The molecule has 0 atom stereocenters. The molecule has 1 aromatic heterocycles. The fraction of sp³-hybridized carbons (Fsp3) is 0.667. The van der Waals surface area contributed by atoms with Gasteiger partial charge >= 0.3 is 0 Å². The van der Waals surface area contributed by atoms with Crippen molar-refractivity contribution in [2.45, 2.75) is 33.2 Å². The Balaban J connectivity index is 1.80. The maximum atomic E-state index is 11.4. The predicted octanol–water partition coefficient (Wildman–Crippen LogP) is 0.732. The number of nitrogens with one attached hydrogen (secondary N) is 2. The minimum absolute atomic E-state index is 0.171. The van der Waals surface area contributed by atoms with Crippen LogP contribution >= 0.6 is 0 Å². The quantitative estimate of drug-likeness (QED) is 0.651. The number of nitrogens with two attached hydrogens (primary N) is 1. The zero-order valence-electron chi connectivity index (χ0n) is 11.0. The van der Waals surface area contributed by atoms with Crippen LogP contribution in [0.5, 0.6) is 0 Å². The summed E-state index contributed by atoms with van der Waals surface area (Å²) in [6.07, 6.45) is 2.07. The van der Waals surface area contributed by atoms with Crippen molar-refractivity contribution in [1.29, 1.82) is 0 Å². The van der Waals surface area contributed by atoms with E-state index in [-0.39, 0.29) is 11.8 Å². The normalized spacial score (nSPS) is 14.6. The van der Waals surface area contributed by atoms with Crippen LogP contribution in [0.3, 0.4) is 0 Å². The summed E-state index contributed by atoms with van der Waals surface area (Å²) >= 11 is 0. The highest BCUT2D eigenvalue weighted by atomic mass is 16.2. The van der Waals surface area contributed by atoms with Crippen molar-refractivity contribution < 1.29 is 4.79 Å². The molecular weight excluding hydrogens is 230 g/mol. The third kappa shape index (κ3) is 2.75. The van der Waals surface area contributed by atoms with Crippen LogP contribution < -0.4 is 16.4 Å². The molecule has 0 radical (unpaired) electrons. The molecule has 1 aromatic rings. The van der Waals surface area contributed by atoms with Crippen LogP contribution in [-0.2, 0) is 11.3 Å². The second-order valence-electron chi connectivity index (χ2n) is 4.66. The molecule has 0 aliphatic heterocycles. The highest BCUT2D eigenvalue weighted by Crippen LogP contribution is 2.28. The maximum Gasteiger partial charge on any atom is 0.223 e. The van der Waals surface area contributed by atoms with Gasteiger partial charge in [-0.1, -0.05) is 0 Å². The van der Waals surface area contributed by atoms with E-state index < -0.39 is 0 Å². The second-order valence-corrected chi connectivity index (χ2v) is 4.66. The Morgan fingerprint density at radius 2 is 2.22 bits per heavy atom. The van der Waals surface area contributed by atoms with Crippen molar-refractivity contribution in [1.82, 2.24) is 15.1 Å². The Bertz CT molecular complexity index is 436. The van der Waals surface area contributed by atoms with Crippen LogP contribution in [-0.4, -0.2) is 28.8 Å². The minimum Gasteiger partial charge on any atom is -0.394 e. The number of nitrogen functional groups attached to an aromatic ring is 1. The van der Waals surface area contributed by atoms with E-state index in [4.69, 9.17) is 5.73 Å². The molecule has 1 aliphatic carbocycles. The largest absolute Gasteiger partial charge is 0.394 e. The lowest BCUT2D eigenvalue weighted by molar-refractivity contribution is -0.122. The van der Waals surface area contributed by atoms with Gasteiger partial charge in [-0.25, -0.2) is 4.68 Å². The Morgan fingerprint density at radius 3 is 2.83 bits per heavy atom. The molecule has 4 N–H and O–H groups in total. The molecule has 6 heteroatoms. The Morgan fingerprint density at radius 1 is 1.50 bits per heavy atom. The number of carbonyl (C=O) groups excluding carboxylic acids is 1. The first kappa shape index (κ1) is 12.7. The molecule has 0 aromatic carbocycles. The molecule has 100 valence electrons. The Hall–Kier alpha value is -1.72. The third-order valence-corrected chi connectivity index (χ3v) is 3.14. The highest BCUT2D eigenvalue weighted by molar-refractivity contribution is 5.80. The van der Waals surface area contributed by atoms with Crippen LogP contribution in [0, 0.1) is 12.8 Å². The minimum atomic E-state index is 0.171. The van der Waals surface area contributed by atoms with Crippen molar-refractivity contribution in [3.63, 3.8) is 0 Å². The first-order chi connectivity index (χ1) is 8.63. The van der Waals surface area contributed by atoms with Crippen LogP contribution in [0.1, 0.15) is 25.5 Å². The molecular formula is C12H21N5O. The molecule has 1 saturated carbocycles. The number of aromatic nitrogens is 2. The highest BCUT2D eigenvalue weighted by Gasteiger charge is 2.28. The van der Waals surface area contributed by atoms with Crippen molar-refractivity contribution in [2.24, 2.45) is 5.92 Å². The smallest absolute Gasteiger partial charge is 0.223 e. The van der Waals surface area contributed by atoms with Gasteiger partial charge in [0.05, 0.1) is 11.4 Å². The monoisotopic (exact) mass is 251 g/mol. The first-order valence-corrected chi connectivity index (χ1v) is 6.48. The van der Waals surface area contributed by atoms with Crippen molar-refractivity contribution >= 4 is 17.4 Å². The number of anilines is 2. The summed E-state index contributed by atoms with van der Waals surface area (Å²) in [5.41, 5.74) is 7.47. The molecule has 6 nitrogen and oxygen atoms in total. The molecule has 1 amide bonds. The first-order valence-electron chi connectivity index (χ1n) is 6.48. The maximum absolute atomic E-state index is 11.4. The molecule has 1 aliphatic rings. The van der Waals surface area contributed by atoms with Crippen LogP contribution in [0.2, 0.25) is 0 Å². The van der Waals surface area contributed by atoms with Gasteiger partial charge in [-0.2, -0.15) is 5.10 Å².